The first-order valence-corrected chi connectivity index (χ1v) is 10.8. The maximum absolute atomic E-state index is 13.6. The van der Waals surface area contributed by atoms with E-state index in [4.69, 9.17) is 10.7 Å². The number of nitrogens with one attached hydrogen (secondary N) is 1. The van der Waals surface area contributed by atoms with Crippen LogP contribution in [0, 0.1) is 0 Å². The van der Waals surface area contributed by atoms with E-state index in [0.29, 0.717) is 18.4 Å². The van der Waals surface area contributed by atoms with Crippen LogP contribution in [0.3, 0.4) is 0 Å². The van der Waals surface area contributed by atoms with Crippen molar-refractivity contribution in [1.29, 1.82) is 0 Å². The lowest BCUT2D eigenvalue weighted by molar-refractivity contribution is -0.119. The standard InChI is InChI=1S/C27H23N3O2/c28-26(31)23(16-17-8-2-1-3-9-17)30-27(32)24-20-12-6-7-13-22(20)29-25-19-11-5-4-10-18(19)14-15-21(24)25/h1-13,23H,14-16H2,(H2,28,31)(H,30,32)/t23-/m0/s1. The van der Waals surface area contributed by atoms with E-state index in [-0.39, 0.29) is 5.91 Å². The van der Waals surface area contributed by atoms with Gasteiger partial charge in [-0.15, -0.1) is 0 Å². The summed E-state index contributed by atoms with van der Waals surface area (Å²) in [6.45, 7) is 0. The third-order valence-corrected chi connectivity index (χ3v) is 6.07. The molecule has 1 aliphatic rings. The Balaban J connectivity index is 1.59. The number of hydrogen-bond donors (Lipinski definition) is 2. The fourth-order valence-electron chi connectivity index (χ4n) is 4.51. The van der Waals surface area contributed by atoms with Crippen molar-refractivity contribution in [1.82, 2.24) is 10.3 Å². The monoisotopic (exact) mass is 421 g/mol. The van der Waals surface area contributed by atoms with Gasteiger partial charge in [-0.3, -0.25) is 9.59 Å². The van der Waals surface area contributed by atoms with Crippen molar-refractivity contribution in [2.45, 2.75) is 25.3 Å². The minimum absolute atomic E-state index is 0.293. The molecule has 158 valence electrons. The highest BCUT2D eigenvalue weighted by Crippen LogP contribution is 2.36. The molecule has 5 nitrogen and oxygen atoms in total. The van der Waals surface area contributed by atoms with Crippen LogP contribution in [0.5, 0.6) is 0 Å². The Morgan fingerprint density at radius 2 is 1.62 bits per heavy atom. The molecule has 1 aromatic heterocycles. The number of primary amides is 1. The summed E-state index contributed by atoms with van der Waals surface area (Å²) in [5.41, 5.74) is 12.0. The first-order chi connectivity index (χ1) is 15.6. The van der Waals surface area contributed by atoms with Gasteiger partial charge in [0.15, 0.2) is 0 Å². The molecule has 0 spiro atoms. The lowest BCUT2D eigenvalue weighted by atomic mass is 9.85. The number of fused-ring (bicyclic) bond motifs is 4. The molecule has 0 fully saturated rings. The Labute approximate surface area is 186 Å². The van der Waals surface area contributed by atoms with E-state index in [1.165, 1.54) is 5.56 Å². The van der Waals surface area contributed by atoms with E-state index >= 15 is 0 Å². The molecule has 1 aliphatic carbocycles. The van der Waals surface area contributed by atoms with E-state index in [1.54, 1.807) is 0 Å². The Morgan fingerprint density at radius 1 is 0.906 bits per heavy atom. The van der Waals surface area contributed by atoms with Gasteiger partial charge < -0.3 is 11.1 Å². The number of aromatic nitrogens is 1. The smallest absolute Gasteiger partial charge is 0.252 e. The summed E-state index contributed by atoms with van der Waals surface area (Å²) in [7, 11) is 0. The summed E-state index contributed by atoms with van der Waals surface area (Å²) in [5.74, 6) is -0.848. The molecular weight excluding hydrogens is 398 g/mol. The average molecular weight is 422 g/mol. The van der Waals surface area contributed by atoms with Crippen LogP contribution in [0.2, 0.25) is 0 Å². The number of para-hydroxylation sites is 1. The van der Waals surface area contributed by atoms with Crippen LogP contribution < -0.4 is 11.1 Å². The molecule has 5 heteroatoms. The maximum Gasteiger partial charge on any atom is 0.252 e. The molecule has 1 heterocycles. The van der Waals surface area contributed by atoms with Crippen molar-refractivity contribution in [2.24, 2.45) is 5.73 Å². The summed E-state index contributed by atoms with van der Waals surface area (Å²) in [6.07, 6.45) is 1.90. The van der Waals surface area contributed by atoms with Gasteiger partial charge in [0.1, 0.15) is 6.04 Å². The highest BCUT2D eigenvalue weighted by molar-refractivity contribution is 6.10. The highest BCUT2D eigenvalue weighted by atomic mass is 16.2. The van der Waals surface area contributed by atoms with Gasteiger partial charge in [0.05, 0.1) is 16.8 Å². The van der Waals surface area contributed by atoms with Gasteiger partial charge in [0.25, 0.3) is 5.91 Å². The number of rotatable bonds is 5. The van der Waals surface area contributed by atoms with Crippen molar-refractivity contribution < 1.29 is 9.59 Å². The summed E-state index contributed by atoms with van der Waals surface area (Å²) in [5, 5.41) is 3.69. The van der Waals surface area contributed by atoms with E-state index in [2.05, 4.69) is 17.4 Å². The molecule has 0 unspecified atom stereocenters. The summed E-state index contributed by atoms with van der Waals surface area (Å²) >= 11 is 0. The van der Waals surface area contributed by atoms with Crippen LogP contribution in [-0.4, -0.2) is 22.8 Å². The third kappa shape index (κ3) is 3.62. The number of carbonyl (C=O) groups is 2. The first-order valence-electron chi connectivity index (χ1n) is 10.8. The van der Waals surface area contributed by atoms with E-state index in [1.807, 2.05) is 66.7 Å². The Hall–Kier alpha value is -3.99. The van der Waals surface area contributed by atoms with Crippen LogP contribution in [0.25, 0.3) is 22.2 Å². The van der Waals surface area contributed by atoms with Crippen LogP contribution in [-0.2, 0) is 24.1 Å². The van der Waals surface area contributed by atoms with Gasteiger partial charge in [-0.05, 0) is 35.6 Å². The van der Waals surface area contributed by atoms with Crippen LogP contribution in [0.1, 0.15) is 27.0 Å². The number of nitrogens with two attached hydrogens (primary N) is 1. The molecular formula is C27H23N3O2. The van der Waals surface area contributed by atoms with Gasteiger partial charge in [-0.2, -0.15) is 0 Å². The van der Waals surface area contributed by atoms with Crippen molar-refractivity contribution in [3.8, 4) is 11.3 Å². The third-order valence-electron chi connectivity index (χ3n) is 6.07. The van der Waals surface area contributed by atoms with Crippen molar-refractivity contribution in [3.05, 3.63) is 101 Å². The minimum atomic E-state index is -0.802. The molecule has 0 aliphatic heterocycles. The lowest BCUT2D eigenvalue weighted by Crippen LogP contribution is -2.46. The van der Waals surface area contributed by atoms with Gasteiger partial charge in [0.2, 0.25) is 5.91 Å². The lowest BCUT2D eigenvalue weighted by Gasteiger charge is -2.24. The molecule has 3 aromatic carbocycles. The highest BCUT2D eigenvalue weighted by Gasteiger charge is 2.27. The van der Waals surface area contributed by atoms with E-state index in [0.717, 1.165) is 39.7 Å². The normalized spacial score (nSPS) is 13.1. The van der Waals surface area contributed by atoms with E-state index in [9.17, 15) is 9.59 Å². The second kappa shape index (κ2) is 8.27. The molecule has 0 saturated carbocycles. The second-order valence-electron chi connectivity index (χ2n) is 8.11. The fraction of sp³-hybridized carbons (Fsp3) is 0.148. The van der Waals surface area contributed by atoms with Crippen molar-refractivity contribution in [2.75, 3.05) is 0 Å². The Kier molecular flexibility index (Phi) is 5.15. The van der Waals surface area contributed by atoms with Crippen molar-refractivity contribution >= 4 is 22.7 Å². The van der Waals surface area contributed by atoms with Crippen LogP contribution in [0.15, 0.2) is 78.9 Å². The molecule has 3 N–H and O–H groups in total. The molecule has 0 radical (unpaired) electrons. The number of aryl methyl sites for hydroxylation is 1. The molecule has 32 heavy (non-hydrogen) atoms. The molecule has 4 aromatic rings. The topological polar surface area (TPSA) is 85.1 Å². The minimum Gasteiger partial charge on any atom is -0.368 e. The van der Waals surface area contributed by atoms with Crippen LogP contribution >= 0.6 is 0 Å². The second-order valence-corrected chi connectivity index (χ2v) is 8.11. The Bertz CT molecular complexity index is 1330. The molecule has 2 amide bonds. The predicted octanol–water partition coefficient (Wildman–Crippen LogP) is 3.83. The molecule has 5 rings (SSSR count). The van der Waals surface area contributed by atoms with Gasteiger partial charge >= 0.3 is 0 Å². The van der Waals surface area contributed by atoms with Crippen molar-refractivity contribution in [3.63, 3.8) is 0 Å². The summed E-state index contributed by atoms with van der Waals surface area (Å²) < 4.78 is 0. The summed E-state index contributed by atoms with van der Waals surface area (Å²) in [6, 6.07) is 24.6. The van der Waals surface area contributed by atoms with Crippen LogP contribution in [0.4, 0.5) is 0 Å². The zero-order valence-electron chi connectivity index (χ0n) is 17.5. The fourth-order valence-corrected chi connectivity index (χ4v) is 4.51. The SMILES string of the molecule is NC(=O)[C@H](Cc1ccccc1)NC(=O)c1c2c(nc3ccccc13)-c1ccccc1CC2. The predicted molar refractivity (Wildman–Crippen MR) is 125 cm³/mol. The van der Waals surface area contributed by atoms with E-state index < -0.39 is 11.9 Å². The number of pyridine rings is 1. The number of benzene rings is 3. The number of hydrogen-bond acceptors (Lipinski definition) is 3. The summed E-state index contributed by atoms with van der Waals surface area (Å²) in [4.78, 5) is 30.7. The zero-order valence-corrected chi connectivity index (χ0v) is 17.5. The first kappa shape index (κ1) is 19.9. The van der Waals surface area contributed by atoms with Gasteiger partial charge in [-0.25, -0.2) is 4.98 Å². The van der Waals surface area contributed by atoms with Gasteiger partial charge in [0, 0.05) is 17.4 Å². The average Bonchev–Trinajstić information content (AvgIpc) is 2.82. The quantitative estimate of drug-likeness (QED) is 0.514. The molecule has 0 bridgehead atoms. The number of nitrogens with zero attached hydrogens (tertiary/aromatic N) is 1. The number of amides is 2. The largest absolute Gasteiger partial charge is 0.368 e. The molecule has 1 atom stereocenters. The van der Waals surface area contributed by atoms with Gasteiger partial charge in [-0.1, -0.05) is 72.8 Å². The molecule has 0 saturated heterocycles. The zero-order chi connectivity index (χ0) is 22.1. The maximum atomic E-state index is 13.6. The Morgan fingerprint density at radius 3 is 2.44 bits per heavy atom. The number of carbonyl (C=O) groups excluding carboxylic acids is 2.